The number of hydrogen-bond acceptors (Lipinski definition) is 2. The Balaban J connectivity index is 1.19. The lowest BCUT2D eigenvalue weighted by atomic mass is 10.0. The highest BCUT2D eigenvalue weighted by Crippen LogP contribution is 2.39. The lowest BCUT2D eigenvalue weighted by molar-refractivity contribution is 1.08. The van der Waals surface area contributed by atoms with Crippen molar-refractivity contribution in [1.29, 1.82) is 0 Å². The van der Waals surface area contributed by atoms with E-state index in [0.717, 1.165) is 43.5 Å². The molecule has 0 spiro atoms. The van der Waals surface area contributed by atoms with Crippen LogP contribution in [0.1, 0.15) is 0 Å². The maximum atomic E-state index is 5.25. The fourth-order valence-electron chi connectivity index (χ4n) is 7.35. The van der Waals surface area contributed by atoms with Gasteiger partial charge in [-0.3, -0.25) is 4.57 Å². The van der Waals surface area contributed by atoms with Crippen LogP contribution in [0.2, 0.25) is 0 Å². The SMILES string of the molecule is Brc1ccc(-c2nc(-n3c4ccccc4c4cc(-c5ccc6c(c5)c5ccccc5n6-c5ccccc5)ccc43)c3ccccc3n2)cc1. The van der Waals surface area contributed by atoms with E-state index in [4.69, 9.17) is 9.97 Å². The number of hydrogen-bond donors (Lipinski definition) is 0. The molecule has 0 saturated carbocycles. The fraction of sp³-hybridized carbons (Fsp3) is 0. The van der Waals surface area contributed by atoms with E-state index in [1.807, 2.05) is 18.2 Å². The van der Waals surface area contributed by atoms with Gasteiger partial charge in [0.2, 0.25) is 0 Å². The zero-order valence-electron chi connectivity index (χ0n) is 26.3. The van der Waals surface area contributed by atoms with Crippen molar-refractivity contribution in [2.24, 2.45) is 0 Å². The molecule has 49 heavy (non-hydrogen) atoms. The molecule has 0 aliphatic heterocycles. The molecule has 0 aliphatic rings. The predicted molar refractivity (Wildman–Crippen MR) is 207 cm³/mol. The minimum Gasteiger partial charge on any atom is -0.309 e. The Morgan fingerprint density at radius 1 is 0.388 bits per heavy atom. The molecule has 0 radical (unpaired) electrons. The molecular formula is C44H27BrN4. The van der Waals surface area contributed by atoms with Gasteiger partial charge < -0.3 is 4.57 Å². The van der Waals surface area contributed by atoms with Crippen LogP contribution in [0.4, 0.5) is 0 Å². The molecule has 4 nitrogen and oxygen atoms in total. The summed E-state index contributed by atoms with van der Waals surface area (Å²) in [6, 6.07) is 58.1. The van der Waals surface area contributed by atoms with Crippen LogP contribution in [0.3, 0.4) is 0 Å². The fourth-order valence-corrected chi connectivity index (χ4v) is 7.61. The number of para-hydroxylation sites is 4. The highest BCUT2D eigenvalue weighted by Gasteiger charge is 2.19. The first-order valence-electron chi connectivity index (χ1n) is 16.4. The van der Waals surface area contributed by atoms with Gasteiger partial charge >= 0.3 is 0 Å². The van der Waals surface area contributed by atoms with Gasteiger partial charge in [0.25, 0.3) is 0 Å². The second-order valence-electron chi connectivity index (χ2n) is 12.4. The van der Waals surface area contributed by atoms with Gasteiger partial charge in [-0.05, 0) is 83.9 Å². The van der Waals surface area contributed by atoms with Crippen LogP contribution in [0.15, 0.2) is 168 Å². The maximum absolute atomic E-state index is 5.25. The molecule has 0 amide bonds. The van der Waals surface area contributed by atoms with Crippen molar-refractivity contribution in [3.8, 4) is 34.0 Å². The highest BCUT2D eigenvalue weighted by atomic mass is 79.9. The van der Waals surface area contributed by atoms with E-state index in [2.05, 4.69) is 171 Å². The Morgan fingerprint density at radius 2 is 0.898 bits per heavy atom. The van der Waals surface area contributed by atoms with Crippen molar-refractivity contribution < 1.29 is 0 Å². The molecule has 5 heteroatoms. The quantitative estimate of drug-likeness (QED) is 0.184. The van der Waals surface area contributed by atoms with Crippen molar-refractivity contribution in [1.82, 2.24) is 19.1 Å². The Morgan fingerprint density at radius 3 is 1.57 bits per heavy atom. The summed E-state index contributed by atoms with van der Waals surface area (Å²) in [4.78, 5) is 10.2. The molecule has 0 N–H and O–H groups in total. The summed E-state index contributed by atoms with van der Waals surface area (Å²) in [7, 11) is 0. The molecule has 0 atom stereocenters. The molecule has 0 bridgehead atoms. The Labute approximate surface area is 290 Å². The second-order valence-corrected chi connectivity index (χ2v) is 13.3. The van der Waals surface area contributed by atoms with Gasteiger partial charge in [-0.2, -0.15) is 0 Å². The van der Waals surface area contributed by atoms with Crippen molar-refractivity contribution >= 4 is 70.4 Å². The third kappa shape index (κ3) is 4.43. The summed E-state index contributed by atoms with van der Waals surface area (Å²) in [5.74, 6) is 1.57. The molecule has 230 valence electrons. The second kappa shape index (κ2) is 11.0. The van der Waals surface area contributed by atoms with Crippen LogP contribution >= 0.6 is 15.9 Å². The van der Waals surface area contributed by atoms with Crippen molar-refractivity contribution in [3.05, 3.63) is 168 Å². The van der Waals surface area contributed by atoms with Crippen LogP contribution in [0.25, 0.3) is 88.5 Å². The van der Waals surface area contributed by atoms with Gasteiger partial charge in [0.1, 0.15) is 5.82 Å². The zero-order chi connectivity index (χ0) is 32.5. The number of halogens is 1. The third-order valence-corrected chi connectivity index (χ3v) is 10.1. The van der Waals surface area contributed by atoms with Crippen LogP contribution in [0.5, 0.6) is 0 Å². The highest BCUT2D eigenvalue weighted by molar-refractivity contribution is 9.10. The van der Waals surface area contributed by atoms with Crippen molar-refractivity contribution in [3.63, 3.8) is 0 Å². The first-order valence-corrected chi connectivity index (χ1v) is 17.2. The minimum atomic E-state index is 0.701. The number of rotatable bonds is 4. The lowest BCUT2D eigenvalue weighted by Crippen LogP contribution is -2.02. The largest absolute Gasteiger partial charge is 0.309 e. The van der Waals surface area contributed by atoms with Crippen molar-refractivity contribution in [2.45, 2.75) is 0 Å². The van der Waals surface area contributed by atoms with Gasteiger partial charge in [-0.15, -0.1) is 0 Å². The number of fused-ring (bicyclic) bond motifs is 7. The topological polar surface area (TPSA) is 35.6 Å². The minimum absolute atomic E-state index is 0.701. The predicted octanol–water partition coefficient (Wildman–Crippen LogP) is 11.9. The van der Waals surface area contributed by atoms with E-state index in [0.29, 0.717) is 5.82 Å². The summed E-state index contributed by atoms with van der Waals surface area (Å²) in [6.45, 7) is 0. The third-order valence-electron chi connectivity index (χ3n) is 9.59. The van der Waals surface area contributed by atoms with Crippen LogP contribution in [0, 0.1) is 0 Å². The first-order chi connectivity index (χ1) is 24.2. The van der Waals surface area contributed by atoms with Gasteiger partial charge in [-0.1, -0.05) is 107 Å². The molecule has 0 saturated heterocycles. The van der Waals surface area contributed by atoms with Gasteiger partial charge in [0.05, 0.1) is 27.6 Å². The van der Waals surface area contributed by atoms with E-state index >= 15 is 0 Å². The van der Waals surface area contributed by atoms with E-state index in [1.54, 1.807) is 0 Å². The van der Waals surface area contributed by atoms with Gasteiger partial charge in [0.15, 0.2) is 5.82 Å². The summed E-state index contributed by atoms with van der Waals surface area (Å²) < 4.78 is 5.69. The number of benzene rings is 7. The summed E-state index contributed by atoms with van der Waals surface area (Å²) >= 11 is 3.57. The average molecular weight is 692 g/mol. The molecule has 10 aromatic rings. The van der Waals surface area contributed by atoms with E-state index in [1.165, 1.54) is 43.7 Å². The van der Waals surface area contributed by atoms with Crippen LogP contribution in [-0.4, -0.2) is 19.1 Å². The van der Waals surface area contributed by atoms with Gasteiger partial charge in [0, 0.05) is 42.7 Å². The maximum Gasteiger partial charge on any atom is 0.162 e. The molecular weight excluding hydrogens is 664 g/mol. The average Bonchev–Trinajstić information content (AvgIpc) is 3.67. The summed E-state index contributed by atoms with van der Waals surface area (Å²) in [6.07, 6.45) is 0. The monoisotopic (exact) mass is 690 g/mol. The first kappa shape index (κ1) is 28.0. The molecule has 0 fully saturated rings. The van der Waals surface area contributed by atoms with Gasteiger partial charge in [-0.25, -0.2) is 9.97 Å². The van der Waals surface area contributed by atoms with E-state index in [-0.39, 0.29) is 0 Å². The lowest BCUT2D eigenvalue weighted by Gasteiger charge is -2.13. The number of nitrogens with zero attached hydrogens (tertiary/aromatic N) is 4. The zero-order valence-corrected chi connectivity index (χ0v) is 27.8. The number of aromatic nitrogens is 4. The van der Waals surface area contributed by atoms with Crippen LogP contribution in [-0.2, 0) is 0 Å². The molecule has 0 unspecified atom stereocenters. The normalized spacial score (nSPS) is 11.8. The Bertz CT molecular complexity index is 2880. The molecule has 0 aliphatic carbocycles. The molecule has 7 aromatic carbocycles. The molecule has 10 rings (SSSR count). The van der Waals surface area contributed by atoms with E-state index in [9.17, 15) is 0 Å². The smallest absolute Gasteiger partial charge is 0.162 e. The Kier molecular flexibility index (Phi) is 6.30. The summed E-state index contributed by atoms with van der Waals surface area (Å²) in [5, 5.41) is 5.88. The van der Waals surface area contributed by atoms with Crippen molar-refractivity contribution in [2.75, 3.05) is 0 Å². The summed E-state index contributed by atoms with van der Waals surface area (Å²) in [5.41, 5.74) is 10.0. The molecule has 3 aromatic heterocycles. The van der Waals surface area contributed by atoms with Crippen LogP contribution < -0.4 is 0 Å². The standard InChI is InChI=1S/C44H27BrN4/c45-31-22-18-28(19-23-31)43-46-38-15-7-4-14-35(38)44(47-43)49-40-17-9-6-13-34(40)37-27-30(21-25-42(37)49)29-20-24-41-36(26-29)33-12-5-8-16-39(33)48(41)32-10-2-1-3-11-32/h1-27H. The molecule has 3 heterocycles. The van der Waals surface area contributed by atoms with E-state index < -0.39 is 0 Å². The Hall–Kier alpha value is -6.04.